The standard InChI is InChI=1S/C20H18F2N2O3/c21-15-8-6-12(10-16(15)22)18-9-7-14(27-18)11-17-19(25)24(20(26)23-17)13-4-2-1-3-5-13/h6-11,13H,1-5H2,(H,23,26)/b17-11-. The molecule has 1 saturated carbocycles. The fourth-order valence-electron chi connectivity index (χ4n) is 3.60. The van der Waals surface area contributed by atoms with Crippen LogP contribution in [-0.4, -0.2) is 22.9 Å². The van der Waals surface area contributed by atoms with Crippen molar-refractivity contribution in [2.45, 2.75) is 38.1 Å². The number of imide groups is 1. The van der Waals surface area contributed by atoms with Gasteiger partial charge in [-0.1, -0.05) is 19.3 Å². The Hall–Kier alpha value is -2.96. The van der Waals surface area contributed by atoms with Gasteiger partial charge in [-0.15, -0.1) is 0 Å². The number of amides is 3. The van der Waals surface area contributed by atoms with Crippen molar-refractivity contribution in [3.8, 4) is 11.3 Å². The molecule has 1 aromatic carbocycles. The predicted molar refractivity (Wildman–Crippen MR) is 94.3 cm³/mol. The van der Waals surface area contributed by atoms with Crippen molar-refractivity contribution in [3.63, 3.8) is 0 Å². The maximum absolute atomic E-state index is 13.4. The quantitative estimate of drug-likeness (QED) is 0.640. The molecule has 0 radical (unpaired) electrons. The Balaban J connectivity index is 1.55. The Labute approximate surface area is 154 Å². The number of carbonyl (C=O) groups is 2. The van der Waals surface area contributed by atoms with E-state index in [1.807, 2.05) is 0 Å². The van der Waals surface area contributed by atoms with Crippen LogP contribution in [0, 0.1) is 11.6 Å². The molecule has 0 atom stereocenters. The van der Waals surface area contributed by atoms with E-state index in [-0.39, 0.29) is 17.6 Å². The molecule has 2 heterocycles. The number of benzene rings is 1. The highest BCUT2D eigenvalue weighted by atomic mass is 19.2. The summed E-state index contributed by atoms with van der Waals surface area (Å²) in [5.74, 6) is -1.59. The van der Waals surface area contributed by atoms with Gasteiger partial charge in [-0.05, 0) is 43.2 Å². The average molecular weight is 372 g/mol. The van der Waals surface area contributed by atoms with Gasteiger partial charge >= 0.3 is 6.03 Å². The van der Waals surface area contributed by atoms with Gasteiger partial charge in [-0.25, -0.2) is 13.6 Å². The molecule has 1 aromatic heterocycles. The Kier molecular flexibility index (Phi) is 4.51. The second-order valence-corrected chi connectivity index (χ2v) is 6.79. The van der Waals surface area contributed by atoms with Gasteiger partial charge in [-0.2, -0.15) is 0 Å². The maximum atomic E-state index is 13.4. The van der Waals surface area contributed by atoms with Gasteiger partial charge in [0.2, 0.25) is 0 Å². The van der Waals surface area contributed by atoms with Crippen LogP contribution in [0.3, 0.4) is 0 Å². The number of rotatable bonds is 3. The van der Waals surface area contributed by atoms with E-state index in [1.165, 1.54) is 17.0 Å². The van der Waals surface area contributed by atoms with Crippen LogP contribution in [0.4, 0.5) is 13.6 Å². The summed E-state index contributed by atoms with van der Waals surface area (Å²) in [5, 5.41) is 2.59. The van der Waals surface area contributed by atoms with Crippen molar-refractivity contribution >= 4 is 18.0 Å². The van der Waals surface area contributed by atoms with Crippen molar-refractivity contribution in [2.24, 2.45) is 0 Å². The largest absolute Gasteiger partial charge is 0.457 e. The number of furan rings is 1. The molecule has 2 aliphatic rings. The monoisotopic (exact) mass is 372 g/mol. The van der Waals surface area contributed by atoms with E-state index in [1.54, 1.807) is 12.1 Å². The third kappa shape index (κ3) is 3.37. The summed E-state index contributed by atoms with van der Waals surface area (Å²) in [4.78, 5) is 26.1. The van der Waals surface area contributed by atoms with E-state index < -0.39 is 17.7 Å². The van der Waals surface area contributed by atoms with Gasteiger partial charge in [0.05, 0.1) is 0 Å². The minimum atomic E-state index is -0.967. The van der Waals surface area contributed by atoms with Gasteiger partial charge in [-0.3, -0.25) is 9.69 Å². The summed E-state index contributed by atoms with van der Waals surface area (Å²) < 4.78 is 32.1. The van der Waals surface area contributed by atoms with Crippen LogP contribution < -0.4 is 5.32 Å². The van der Waals surface area contributed by atoms with E-state index in [9.17, 15) is 18.4 Å². The van der Waals surface area contributed by atoms with Gasteiger partial charge < -0.3 is 9.73 Å². The molecule has 0 spiro atoms. The Morgan fingerprint density at radius 3 is 2.56 bits per heavy atom. The fourth-order valence-corrected chi connectivity index (χ4v) is 3.60. The van der Waals surface area contributed by atoms with Crippen molar-refractivity contribution in [3.05, 3.63) is 53.4 Å². The number of urea groups is 1. The number of halogens is 2. The normalized spacial score (nSPS) is 19.8. The molecule has 1 aliphatic carbocycles. The van der Waals surface area contributed by atoms with Crippen LogP contribution in [0.25, 0.3) is 17.4 Å². The number of hydrogen-bond acceptors (Lipinski definition) is 3. The summed E-state index contributed by atoms with van der Waals surface area (Å²) in [5.41, 5.74) is 0.529. The lowest BCUT2D eigenvalue weighted by Crippen LogP contribution is -2.41. The Morgan fingerprint density at radius 1 is 1.04 bits per heavy atom. The zero-order valence-electron chi connectivity index (χ0n) is 14.5. The molecular formula is C20H18F2N2O3. The van der Waals surface area contributed by atoms with Crippen LogP contribution in [0.15, 0.2) is 40.4 Å². The van der Waals surface area contributed by atoms with E-state index in [0.717, 1.165) is 44.2 Å². The molecule has 7 heteroatoms. The van der Waals surface area contributed by atoms with Crippen LogP contribution >= 0.6 is 0 Å². The van der Waals surface area contributed by atoms with E-state index >= 15 is 0 Å². The number of nitrogens with one attached hydrogen (secondary N) is 1. The highest BCUT2D eigenvalue weighted by Gasteiger charge is 2.39. The molecule has 3 amide bonds. The number of hydrogen-bond donors (Lipinski definition) is 1. The number of carbonyl (C=O) groups excluding carboxylic acids is 2. The molecule has 1 aliphatic heterocycles. The molecule has 0 unspecified atom stereocenters. The zero-order valence-corrected chi connectivity index (χ0v) is 14.5. The van der Waals surface area contributed by atoms with Gasteiger partial charge in [0.1, 0.15) is 17.2 Å². The van der Waals surface area contributed by atoms with Crippen molar-refractivity contribution < 1.29 is 22.8 Å². The lowest BCUT2D eigenvalue weighted by molar-refractivity contribution is -0.124. The lowest BCUT2D eigenvalue weighted by Gasteiger charge is -2.28. The van der Waals surface area contributed by atoms with Crippen LogP contribution in [0.1, 0.15) is 37.9 Å². The maximum Gasteiger partial charge on any atom is 0.329 e. The highest BCUT2D eigenvalue weighted by molar-refractivity contribution is 6.14. The van der Waals surface area contributed by atoms with Crippen LogP contribution in [0.5, 0.6) is 0 Å². The number of nitrogens with zero attached hydrogens (tertiary/aromatic N) is 1. The third-order valence-corrected chi connectivity index (χ3v) is 4.97. The summed E-state index contributed by atoms with van der Waals surface area (Å²) in [6.45, 7) is 0. The molecular weight excluding hydrogens is 354 g/mol. The second kappa shape index (κ2) is 6.98. The van der Waals surface area contributed by atoms with Crippen molar-refractivity contribution in [1.82, 2.24) is 10.2 Å². The van der Waals surface area contributed by atoms with Gasteiger partial charge in [0.25, 0.3) is 5.91 Å². The predicted octanol–water partition coefficient (Wildman–Crippen LogP) is 4.45. The molecule has 1 saturated heterocycles. The summed E-state index contributed by atoms with van der Waals surface area (Å²) in [7, 11) is 0. The average Bonchev–Trinajstić information content (AvgIpc) is 3.23. The zero-order chi connectivity index (χ0) is 19.0. The van der Waals surface area contributed by atoms with Crippen molar-refractivity contribution in [1.29, 1.82) is 0 Å². The lowest BCUT2D eigenvalue weighted by atomic mass is 9.94. The molecule has 1 N–H and O–H groups in total. The first-order valence-electron chi connectivity index (χ1n) is 8.94. The van der Waals surface area contributed by atoms with E-state index in [2.05, 4.69) is 5.32 Å². The van der Waals surface area contributed by atoms with Crippen LogP contribution in [0.2, 0.25) is 0 Å². The summed E-state index contributed by atoms with van der Waals surface area (Å²) >= 11 is 0. The summed E-state index contributed by atoms with van der Waals surface area (Å²) in [6, 6.07) is 6.19. The highest BCUT2D eigenvalue weighted by Crippen LogP contribution is 2.28. The Bertz CT molecular complexity index is 929. The minimum absolute atomic E-state index is 0.0634. The van der Waals surface area contributed by atoms with E-state index in [0.29, 0.717) is 17.1 Å². The summed E-state index contributed by atoms with van der Waals surface area (Å²) in [6.07, 6.45) is 6.25. The SMILES string of the molecule is O=C1N/C(=C\c2ccc(-c3ccc(F)c(F)c3)o2)C(=O)N1C1CCCCC1. The van der Waals surface area contributed by atoms with Gasteiger partial charge in [0.15, 0.2) is 11.6 Å². The molecule has 27 heavy (non-hydrogen) atoms. The smallest absolute Gasteiger partial charge is 0.329 e. The molecule has 140 valence electrons. The topological polar surface area (TPSA) is 62.6 Å². The first-order chi connectivity index (χ1) is 13.0. The van der Waals surface area contributed by atoms with E-state index in [4.69, 9.17) is 4.42 Å². The molecule has 0 bridgehead atoms. The third-order valence-electron chi connectivity index (χ3n) is 4.97. The second-order valence-electron chi connectivity index (χ2n) is 6.79. The molecule has 5 nitrogen and oxygen atoms in total. The first-order valence-corrected chi connectivity index (χ1v) is 8.94. The minimum Gasteiger partial charge on any atom is -0.457 e. The first kappa shape index (κ1) is 17.5. The fraction of sp³-hybridized carbons (Fsp3) is 0.300. The molecule has 4 rings (SSSR count). The molecule has 2 aromatic rings. The van der Waals surface area contributed by atoms with Crippen molar-refractivity contribution in [2.75, 3.05) is 0 Å². The van der Waals surface area contributed by atoms with Gasteiger partial charge in [0, 0.05) is 17.7 Å². The Morgan fingerprint density at radius 2 is 1.81 bits per heavy atom. The van der Waals surface area contributed by atoms with Crippen LogP contribution in [-0.2, 0) is 4.79 Å². The molecule has 2 fully saturated rings.